The van der Waals surface area contributed by atoms with Gasteiger partial charge in [0.2, 0.25) is 0 Å². The van der Waals surface area contributed by atoms with Crippen molar-refractivity contribution in [1.29, 1.82) is 0 Å². The van der Waals surface area contributed by atoms with E-state index in [-0.39, 0.29) is 31.9 Å². The van der Waals surface area contributed by atoms with Gasteiger partial charge in [0.25, 0.3) is 0 Å². The van der Waals surface area contributed by atoms with E-state index in [1.165, 1.54) is 4.46 Å². The summed E-state index contributed by atoms with van der Waals surface area (Å²) in [5, 5.41) is 0.836. The maximum atomic E-state index is 14.0. The summed E-state index contributed by atoms with van der Waals surface area (Å²) in [6.45, 7) is 8.24. The molecule has 0 bridgehead atoms. The molecule has 0 spiro atoms. The van der Waals surface area contributed by atoms with Crippen molar-refractivity contribution in [3.63, 3.8) is 0 Å². The summed E-state index contributed by atoms with van der Waals surface area (Å²) in [4.78, 5) is 27.6. The number of ketones is 2. The molecule has 1 atom stereocenters. The van der Waals surface area contributed by atoms with Crippen LogP contribution < -0.4 is 4.46 Å². The third-order valence-electron chi connectivity index (χ3n) is 5.32. The minimum absolute atomic E-state index is 0.0782. The van der Waals surface area contributed by atoms with E-state index >= 15 is 0 Å². The topological polar surface area (TPSA) is 34.1 Å². The van der Waals surface area contributed by atoms with Crippen molar-refractivity contribution in [3.8, 4) is 0 Å². The van der Waals surface area contributed by atoms with Crippen LogP contribution in [0.1, 0.15) is 48.7 Å². The van der Waals surface area contributed by atoms with E-state index < -0.39 is 5.92 Å². The van der Waals surface area contributed by atoms with Crippen LogP contribution in [0.2, 0.25) is 5.32 Å². The van der Waals surface area contributed by atoms with Crippen molar-refractivity contribution in [1.82, 2.24) is 0 Å². The van der Waals surface area contributed by atoms with Gasteiger partial charge in [0.1, 0.15) is 0 Å². The van der Waals surface area contributed by atoms with Gasteiger partial charge in [0.15, 0.2) is 0 Å². The molecule has 0 N–H and O–H groups in total. The third-order valence-corrected chi connectivity index (χ3v) is 7.51. The second-order valence-corrected chi connectivity index (χ2v) is 11.8. The van der Waals surface area contributed by atoms with E-state index in [2.05, 4.69) is 32.9 Å². The molecule has 0 fully saturated rings. The molecule has 0 saturated heterocycles. The number of carbonyl (C=O) groups excluding carboxylic acids is 2. The molecule has 0 aliphatic rings. The van der Waals surface area contributed by atoms with Gasteiger partial charge >= 0.3 is 205 Å². The summed E-state index contributed by atoms with van der Waals surface area (Å²) in [6, 6.07) is 27.6. The Labute approximate surface area is 204 Å². The number of allylic oxidation sites excluding steroid dienone is 2. The maximum absolute atomic E-state index is 14.0. The standard InChI is InChI=1S/C30H32O2Se/c1-22-15-17-24(18-16-22)28(31)26(19-20-33-25-13-9-6-10-14-25)29(32)27(21-30(2,3)4)23-11-7-5-8-12-23/h5-18,21,26H,19-20H2,1-4H3/b27-21+. The zero-order valence-electron chi connectivity index (χ0n) is 19.9. The molecule has 170 valence electrons. The molecule has 0 amide bonds. The van der Waals surface area contributed by atoms with Gasteiger partial charge in [-0.15, -0.1) is 0 Å². The predicted molar refractivity (Wildman–Crippen MR) is 139 cm³/mol. The Hall–Kier alpha value is -2.74. The third kappa shape index (κ3) is 7.38. The van der Waals surface area contributed by atoms with Crippen molar-refractivity contribution in [3.05, 3.63) is 108 Å². The van der Waals surface area contributed by atoms with Crippen molar-refractivity contribution >= 4 is 36.6 Å². The van der Waals surface area contributed by atoms with Gasteiger partial charge in [-0.1, -0.05) is 0 Å². The van der Waals surface area contributed by atoms with Gasteiger partial charge in [0, 0.05) is 0 Å². The first-order chi connectivity index (χ1) is 15.7. The fourth-order valence-corrected chi connectivity index (χ4v) is 5.62. The van der Waals surface area contributed by atoms with E-state index in [9.17, 15) is 9.59 Å². The van der Waals surface area contributed by atoms with Crippen LogP contribution in [0.4, 0.5) is 0 Å². The second kappa shape index (κ2) is 11.4. The normalized spacial score (nSPS) is 12.9. The molecular weight excluding hydrogens is 471 g/mol. The molecule has 3 heteroatoms. The molecule has 0 aliphatic heterocycles. The van der Waals surface area contributed by atoms with Crippen molar-refractivity contribution in [2.75, 3.05) is 0 Å². The van der Waals surface area contributed by atoms with Crippen LogP contribution in [-0.4, -0.2) is 26.5 Å². The minimum atomic E-state index is -0.688. The first kappa shape index (κ1) is 24.9. The summed E-state index contributed by atoms with van der Waals surface area (Å²) in [5.41, 5.74) is 3.02. The zero-order chi connectivity index (χ0) is 23.8. The average molecular weight is 504 g/mol. The molecule has 0 heterocycles. The molecule has 0 aliphatic carbocycles. The summed E-state index contributed by atoms with van der Waals surface area (Å²) < 4.78 is 1.28. The zero-order valence-corrected chi connectivity index (χ0v) is 21.6. The Morgan fingerprint density at radius 1 is 0.818 bits per heavy atom. The molecule has 0 saturated carbocycles. The van der Waals surface area contributed by atoms with Gasteiger partial charge < -0.3 is 0 Å². The number of hydrogen-bond acceptors (Lipinski definition) is 2. The van der Waals surface area contributed by atoms with E-state index in [1.807, 2.05) is 85.8 Å². The number of carbonyl (C=O) groups is 2. The molecule has 3 aromatic carbocycles. The predicted octanol–water partition coefficient (Wildman–Crippen LogP) is 6.33. The van der Waals surface area contributed by atoms with Crippen LogP contribution in [-0.2, 0) is 4.79 Å². The summed E-state index contributed by atoms with van der Waals surface area (Å²) in [5.74, 6) is -0.850. The summed E-state index contributed by atoms with van der Waals surface area (Å²) in [7, 11) is 0. The van der Waals surface area contributed by atoms with Crippen LogP contribution in [0.3, 0.4) is 0 Å². The molecular formula is C30H32O2Se. The first-order valence-electron chi connectivity index (χ1n) is 11.4. The van der Waals surface area contributed by atoms with Crippen molar-refractivity contribution in [2.45, 2.75) is 39.4 Å². The summed E-state index contributed by atoms with van der Waals surface area (Å²) in [6.07, 6.45) is 2.57. The van der Waals surface area contributed by atoms with Crippen LogP contribution in [0, 0.1) is 18.3 Å². The Kier molecular flexibility index (Phi) is 8.60. The average Bonchev–Trinajstić information content (AvgIpc) is 2.81. The molecule has 3 rings (SSSR count). The quantitative estimate of drug-likeness (QED) is 0.148. The van der Waals surface area contributed by atoms with E-state index in [4.69, 9.17) is 0 Å². The van der Waals surface area contributed by atoms with Crippen LogP contribution in [0.15, 0.2) is 91.0 Å². The summed E-state index contributed by atoms with van der Waals surface area (Å²) >= 11 is 0.216. The number of aryl methyl sites for hydroxylation is 1. The second-order valence-electron chi connectivity index (χ2n) is 9.39. The van der Waals surface area contributed by atoms with Gasteiger partial charge in [-0.25, -0.2) is 0 Å². The van der Waals surface area contributed by atoms with Crippen LogP contribution in [0.5, 0.6) is 0 Å². The van der Waals surface area contributed by atoms with Crippen molar-refractivity contribution in [2.24, 2.45) is 11.3 Å². The van der Waals surface area contributed by atoms with Crippen LogP contribution in [0.25, 0.3) is 5.57 Å². The van der Waals surface area contributed by atoms with Gasteiger partial charge in [-0.2, -0.15) is 0 Å². The number of Topliss-reactive ketones (excluding diaryl/α,β-unsaturated/α-hetero) is 2. The van der Waals surface area contributed by atoms with Crippen LogP contribution >= 0.6 is 0 Å². The van der Waals surface area contributed by atoms with E-state index in [1.54, 1.807) is 0 Å². The molecule has 2 nitrogen and oxygen atoms in total. The fourth-order valence-electron chi connectivity index (χ4n) is 3.65. The van der Waals surface area contributed by atoms with E-state index in [0.717, 1.165) is 16.4 Å². The van der Waals surface area contributed by atoms with Gasteiger partial charge in [0.05, 0.1) is 0 Å². The molecule has 3 aromatic rings. The monoisotopic (exact) mass is 504 g/mol. The molecule has 1 unspecified atom stereocenters. The molecule has 33 heavy (non-hydrogen) atoms. The first-order valence-corrected chi connectivity index (χ1v) is 13.4. The number of rotatable bonds is 9. The molecule has 0 radical (unpaired) electrons. The Morgan fingerprint density at radius 2 is 1.39 bits per heavy atom. The van der Waals surface area contributed by atoms with Crippen molar-refractivity contribution < 1.29 is 9.59 Å². The Bertz CT molecular complexity index is 1090. The fraction of sp³-hybridized carbons (Fsp3) is 0.267. The van der Waals surface area contributed by atoms with Gasteiger partial charge in [-0.05, 0) is 0 Å². The molecule has 0 aromatic heterocycles. The Morgan fingerprint density at radius 3 is 1.97 bits per heavy atom. The van der Waals surface area contributed by atoms with Gasteiger partial charge in [-0.3, -0.25) is 0 Å². The number of hydrogen-bond donors (Lipinski definition) is 0. The SMILES string of the molecule is Cc1ccc(C(=O)C(CC[Se]c2ccccc2)C(=O)/C(=C/C(C)(C)C)c2ccccc2)cc1. The number of benzene rings is 3. The van der Waals surface area contributed by atoms with E-state index in [0.29, 0.717) is 17.6 Å². The Balaban J connectivity index is 1.94.